The summed E-state index contributed by atoms with van der Waals surface area (Å²) in [5.74, 6) is 0. The number of likely N-dealkylation sites (N-methyl/N-ethyl adjacent to an activating group) is 1. The van der Waals surface area contributed by atoms with Crippen LogP contribution in [-0.4, -0.2) is 28.5 Å². The lowest BCUT2D eigenvalue weighted by Crippen LogP contribution is -2.35. The van der Waals surface area contributed by atoms with Gasteiger partial charge in [0.2, 0.25) is 0 Å². The van der Waals surface area contributed by atoms with E-state index in [4.69, 9.17) is 18.0 Å². The molecule has 0 bridgehead atoms. The molecule has 2 aromatic rings. The van der Waals surface area contributed by atoms with Crippen LogP contribution in [0.5, 0.6) is 0 Å². The van der Waals surface area contributed by atoms with Crippen molar-refractivity contribution in [2.45, 2.75) is 12.5 Å². The van der Waals surface area contributed by atoms with E-state index in [2.05, 4.69) is 33.8 Å². The van der Waals surface area contributed by atoms with Gasteiger partial charge in [0.05, 0.1) is 11.0 Å². The molecule has 1 atom stereocenters. The molecule has 0 saturated heterocycles. The molecule has 0 amide bonds. The number of rotatable bonds is 6. The van der Waals surface area contributed by atoms with Crippen LogP contribution in [0.4, 0.5) is 0 Å². The molecule has 2 aromatic heterocycles. The highest BCUT2D eigenvalue weighted by molar-refractivity contribution is 7.80. The Morgan fingerprint density at radius 2 is 2.16 bits per heavy atom. The van der Waals surface area contributed by atoms with Gasteiger partial charge in [-0.25, -0.2) is 0 Å². The summed E-state index contributed by atoms with van der Waals surface area (Å²) >= 11 is 6.87. The quantitative estimate of drug-likeness (QED) is 0.831. The maximum absolute atomic E-state index is 5.88. The van der Waals surface area contributed by atoms with E-state index < -0.39 is 0 Å². The summed E-state index contributed by atoms with van der Waals surface area (Å²) in [6, 6.07) is 6.17. The lowest BCUT2D eigenvalue weighted by atomic mass is 10.1. The summed E-state index contributed by atoms with van der Waals surface area (Å²) in [6.07, 6.45) is 4.60. The van der Waals surface area contributed by atoms with Crippen LogP contribution in [0.15, 0.2) is 41.4 Å². The van der Waals surface area contributed by atoms with Crippen molar-refractivity contribution in [2.75, 3.05) is 13.6 Å². The van der Waals surface area contributed by atoms with Gasteiger partial charge in [-0.1, -0.05) is 12.2 Å². The Labute approximate surface area is 123 Å². The molecule has 0 aliphatic carbocycles. The standard InChI is InChI=1S/C14H17N3S2/c1-17(8-4-11-2-6-16-7-3-11)13(14(15)18)12-5-9-19-10-12/h2-3,5-7,9-10,13H,4,8H2,1H3,(H2,15,18). The first-order valence-electron chi connectivity index (χ1n) is 6.09. The minimum atomic E-state index is 0.0167. The Morgan fingerprint density at radius 3 is 2.74 bits per heavy atom. The van der Waals surface area contributed by atoms with Gasteiger partial charge in [0.25, 0.3) is 0 Å². The Morgan fingerprint density at radius 1 is 1.42 bits per heavy atom. The number of aromatic nitrogens is 1. The average Bonchev–Trinajstić information content (AvgIpc) is 2.91. The fraction of sp³-hybridized carbons (Fsp3) is 0.286. The molecule has 2 heterocycles. The predicted molar refractivity (Wildman–Crippen MR) is 84.4 cm³/mol. The van der Waals surface area contributed by atoms with Gasteiger partial charge < -0.3 is 5.73 Å². The van der Waals surface area contributed by atoms with Crippen molar-refractivity contribution in [2.24, 2.45) is 5.73 Å². The van der Waals surface area contributed by atoms with Gasteiger partial charge in [-0.3, -0.25) is 9.88 Å². The van der Waals surface area contributed by atoms with Crippen molar-refractivity contribution in [3.63, 3.8) is 0 Å². The van der Waals surface area contributed by atoms with Crippen molar-refractivity contribution < 1.29 is 0 Å². The Hall–Kier alpha value is -1.30. The molecular formula is C14H17N3S2. The molecule has 3 nitrogen and oxygen atoms in total. The van der Waals surface area contributed by atoms with Crippen molar-refractivity contribution >= 4 is 28.5 Å². The van der Waals surface area contributed by atoms with E-state index in [1.807, 2.05) is 24.5 Å². The molecule has 5 heteroatoms. The number of thiocarbonyl (C=S) groups is 1. The zero-order valence-corrected chi connectivity index (χ0v) is 12.5. The van der Waals surface area contributed by atoms with E-state index in [1.54, 1.807) is 11.3 Å². The second kappa shape index (κ2) is 6.75. The molecule has 0 saturated carbocycles. The molecule has 2 N–H and O–H groups in total. The number of hydrogen-bond donors (Lipinski definition) is 1. The lowest BCUT2D eigenvalue weighted by Gasteiger charge is -2.26. The third kappa shape index (κ3) is 3.83. The van der Waals surface area contributed by atoms with E-state index in [0.29, 0.717) is 4.99 Å². The summed E-state index contributed by atoms with van der Waals surface area (Å²) in [5.41, 5.74) is 8.33. The van der Waals surface area contributed by atoms with Crippen LogP contribution in [0.3, 0.4) is 0 Å². The normalized spacial score (nSPS) is 12.5. The lowest BCUT2D eigenvalue weighted by molar-refractivity contribution is 0.306. The van der Waals surface area contributed by atoms with Crippen molar-refractivity contribution in [3.05, 3.63) is 52.5 Å². The summed E-state index contributed by atoms with van der Waals surface area (Å²) in [7, 11) is 2.06. The summed E-state index contributed by atoms with van der Waals surface area (Å²) in [5, 5.41) is 4.16. The van der Waals surface area contributed by atoms with E-state index in [9.17, 15) is 0 Å². The minimum Gasteiger partial charge on any atom is -0.392 e. The van der Waals surface area contributed by atoms with Gasteiger partial charge in [-0.2, -0.15) is 11.3 Å². The third-order valence-corrected chi connectivity index (χ3v) is 4.00. The molecular weight excluding hydrogens is 274 g/mol. The maximum atomic E-state index is 5.88. The SMILES string of the molecule is CN(CCc1ccncc1)C(C(N)=S)c1ccsc1. The topological polar surface area (TPSA) is 42.2 Å². The number of nitrogens with two attached hydrogens (primary N) is 1. The van der Waals surface area contributed by atoms with Gasteiger partial charge >= 0.3 is 0 Å². The van der Waals surface area contributed by atoms with Crippen LogP contribution in [0.1, 0.15) is 17.2 Å². The van der Waals surface area contributed by atoms with Crippen LogP contribution >= 0.6 is 23.6 Å². The summed E-state index contributed by atoms with van der Waals surface area (Å²) in [6.45, 7) is 0.905. The van der Waals surface area contributed by atoms with Gasteiger partial charge in [0, 0.05) is 18.9 Å². The summed E-state index contributed by atoms with van der Waals surface area (Å²) in [4.78, 5) is 6.75. The number of nitrogens with zero attached hydrogens (tertiary/aromatic N) is 2. The van der Waals surface area contributed by atoms with Crippen molar-refractivity contribution in [1.82, 2.24) is 9.88 Å². The molecule has 0 fully saturated rings. The largest absolute Gasteiger partial charge is 0.392 e. The molecule has 2 rings (SSSR count). The van der Waals surface area contributed by atoms with Gasteiger partial charge in [0.15, 0.2) is 0 Å². The van der Waals surface area contributed by atoms with Gasteiger partial charge in [-0.15, -0.1) is 0 Å². The first kappa shape index (κ1) is 14.1. The molecule has 0 aliphatic rings. The van der Waals surface area contributed by atoms with Crippen LogP contribution in [0.25, 0.3) is 0 Å². The Kier molecular flexibility index (Phi) is 5.01. The highest BCUT2D eigenvalue weighted by atomic mass is 32.1. The molecule has 0 spiro atoms. The fourth-order valence-corrected chi connectivity index (χ4v) is 3.05. The Balaban J connectivity index is 2.01. The highest BCUT2D eigenvalue weighted by Crippen LogP contribution is 2.22. The number of hydrogen-bond acceptors (Lipinski definition) is 4. The predicted octanol–water partition coefficient (Wildman–Crippen LogP) is 2.64. The average molecular weight is 291 g/mol. The highest BCUT2D eigenvalue weighted by Gasteiger charge is 2.19. The molecule has 19 heavy (non-hydrogen) atoms. The molecule has 100 valence electrons. The van der Waals surface area contributed by atoms with Crippen LogP contribution in [0, 0.1) is 0 Å². The van der Waals surface area contributed by atoms with Crippen molar-refractivity contribution in [3.8, 4) is 0 Å². The molecule has 0 radical (unpaired) electrons. The van der Waals surface area contributed by atoms with Crippen LogP contribution in [-0.2, 0) is 6.42 Å². The second-order valence-corrected chi connectivity index (χ2v) is 5.70. The molecule has 1 unspecified atom stereocenters. The smallest absolute Gasteiger partial charge is 0.0948 e. The van der Waals surface area contributed by atoms with E-state index >= 15 is 0 Å². The third-order valence-electron chi connectivity index (χ3n) is 3.07. The first-order valence-corrected chi connectivity index (χ1v) is 7.44. The second-order valence-electron chi connectivity index (χ2n) is 4.45. The van der Waals surface area contributed by atoms with E-state index in [0.717, 1.165) is 13.0 Å². The molecule has 0 aromatic carbocycles. The Bertz CT molecular complexity index is 511. The van der Waals surface area contributed by atoms with Gasteiger partial charge in [0.1, 0.15) is 0 Å². The van der Waals surface area contributed by atoms with Gasteiger partial charge in [-0.05, 0) is 53.6 Å². The number of thiophene rings is 1. The van der Waals surface area contributed by atoms with Crippen molar-refractivity contribution in [1.29, 1.82) is 0 Å². The summed E-state index contributed by atoms with van der Waals surface area (Å²) < 4.78 is 0. The minimum absolute atomic E-state index is 0.0167. The maximum Gasteiger partial charge on any atom is 0.0948 e. The number of pyridine rings is 1. The monoisotopic (exact) mass is 291 g/mol. The van der Waals surface area contributed by atoms with E-state index in [-0.39, 0.29) is 6.04 Å². The zero-order valence-electron chi connectivity index (χ0n) is 10.8. The van der Waals surface area contributed by atoms with Crippen LogP contribution < -0.4 is 5.73 Å². The first-order chi connectivity index (χ1) is 9.18. The van der Waals surface area contributed by atoms with E-state index in [1.165, 1.54) is 11.1 Å². The van der Waals surface area contributed by atoms with Crippen LogP contribution in [0.2, 0.25) is 0 Å². The fourth-order valence-electron chi connectivity index (χ4n) is 2.05. The molecule has 0 aliphatic heterocycles. The zero-order chi connectivity index (χ0) is 13.7.